The highest BCUT2D eigenvalue weighted by molar-refractivity contribution is 5.92. The minimum absolute atomic E-state index is 0.0122. The maximum Gasteiger partial charge on any atom is 0.408 e. The summed E-state index contributed by atoms with van der Waals surface area (Å²) in [5, 5.41) is 13.9. The average molecular weight is 644 g/mol. The molecular weight excluding hydrogens is 611 g/mol. The monoisotopic (exact) mass is 643 g/mol. The van der Waals surface area contributed by atoms with Crippen LogP contribution >= 0.6 is 0 Å². The van der Waals surface area contributed by atoms with Crippen molar-refractivity contribution in [3.63, 3.8) is 0 Å². The normalized spacial score (nSPS) is 21.7. The van der Waals surface area contributed by atoms with E-state index in [2.05, 4.69) is 25.8 Å². The summed E-state index contributed by atoms with van der Waals surface area (Å²) in [6.45, 7) is -1.37. The van der Waals surface area contributed by atoms with Gasteiger partial charge in [-0.15, -0.1) is 0 Å². The lowest BCUT2D eigenvalue weighted by atomic mass is 9.79. The first-order valence-electron chi connectivity index (χ1n) is 14.9. The van der Waals surface area contributed by atoms with Crippen LogP contribution in [0.1, 0.15) is 91.6 Å². The number of fused-ring (bicyclic) bond motifs is 1. The highest BCUT2D eigenvalue weighted by Crippen LogP contribution is 2.45. The Balaban J connectivity index is 1.21. The summed E-state index contributed by atoms with van der Waals surface area (Å²) in [4.78, 5) is 30.4. The molecule has 0 radical (unpaired) electrons. The minimum atomic E-state index is -4.53. The Bertz CT molecular complexity index is 1550. The third kappa shape index (κ3) is 7.57. The summed E-state index contributed by atoms with van der Waals surface area (Å²) in [6, 6.07) is 1.63. The number of halogens is 7. The van der Waals surface area contributed by atoms with Gasteiger partial charge in [-0.3, -0.25) is 14.3 Å². The second-order valence-corrected chi connectivity index (χ2v) is 12.6. The highest BCUT2D eigenvalue weighted by Gasteiger charge is 2.46. The van der Waals surface area contributed by atoms with Gasteiger partial charge in [0.2, 0.25) is 17.8 Å². The zero-order valence-electron chi connectivity index (χ0n) is 24.0. The molecule has 0 spiro atoms. The fraction of sp³-hybridized carbons (Fsp3) is 0.621. The van der Waals surface area contributed by atoms with Crippen LogP contribution in [0.15, 0.2) is 30.7 Å². The number of carbonyl (C=O) groups is 2. The Hall–Kier alpha value is -3.72. The van der Waals surface area contributed by atoms with Gasteiger partial charge in [-0.2, -0.15) is 23.4 Å². The first-order valence-corrected chi connectivity index (χ1v) is 14.9. The van der Waals surface area contributed by atoms with Gasteiger partial charge in [0.25, 0.3) is 5.91 Å². The van der Waals surface area contributed by atoms with Gasteiger partial charge in [0.05, 0.1) is 30.2 Å². The quantitative estimate of drug-likeness (QED) is 0.272. The lowest BCUT2D eigenvalue weighted by molar-refractivity contribution is -0.142. The Morgan fingerprint density at radius 3 is 2.31 bits per heavy atom. The van der Waals surface area contributed by atoms with Crippen LogP contribution < -0.4 is 10.6 Å². The summed E-state index contributed by atoms with van der Waals surface area (Å²) < 4.78 is 94.9. The Morgan fingerprint density at radius 1 is 0.978 bits per heavy atom. The second-order valence-electron chi connectivity index (χ2n) is 12.6. The lowest BCUT2D eigenvalue weighted by Crippen LogP contribution is -2.39. The third-order valence-electron chi connectivity index (χ3n) is 8.83. The van der Waals surface area contributed by atoms with Crippen molar-refractivity contribution < 1.29 is 40.3 Å². The van der Waals surface area contributed by atoms with Crippen molar-refractivity contribution in [2.45, 2.75) is 94.4 Å². The van der Waals surface area contributed by atoms with E-state index in [4.69, 9.17) is 0 Å². The SMILES string of the molecule is O=C(CC1CC(F)(F)C1)N[C@@H](c1cnn2cc([C@@H](NC(=O)c3ccn(CC(F)(F)F)n3)C3CCC(F)(F)CC3)nc2c1)C1CC1. The number of hydrogen-bond donors (Lipinski definition) is 2. The number of nitrogens with one attached hydrogen (secondary N) is 2. The summed E-state index contributed by atoms with van der Waals surface area (Å²) in [5.74, 6) is -7.27. The number of rotatable bonds is 10. The van der Waals surface area contributed by atoms with Gasteiger partial charge in [-0.1, -0.05) is 0 Å². The molecule has 3 aliphatic rings. The molecule has 3 aromatic rings. The van der Waals surface area contributed by atoms with Gasteiger partial charge in [-0.25, -0.2) is 27.1 Å². The molecule has 244 valence electrons. The van der Waals surface area contributed by atoms with Crippen LogP contribution in [0.5, 0.6) is 0 Å². The van der Waals surface area contributed by atoms with Crippen molar-refractivity contribution in [3.8, 4) is 0 Å². The maximum absolute atomic E-state index is 14.0. The van der Waals surface area contributed by atoms with Crippen LogP contribution in [0.3, 0.4) is 0 Å². The van der Waals surface area contributed by atoms with Crippen molar-refractivity contribution in [1.29, 1.82) is 0 Å². The van der Waals surface area contributed by atoms with Gasteiger partial charge in [0.15, 0.2) is 5.65 Å². The molecule has 2 amide bonds. The molecule has 0 saturated heterocycles. The molecule has 0 unspecified atom stereocenters. The number of aromatic nitrogens is 5. The van der Waals surface area contributed by atoms with Crippen LogP contribution in [0.2, 0.25) is 0 Å². The van der Waals surface area contributed by atoms with E-state index in [0.29, 0.717) is 21.6 Å². The molecule has 3 saturated carbocycles. The van der Waals surface area contributed by atoms with E-state index in [0.717, 1.165) is 25.1 Å². The molecule has 0 aliphatic heterocycles. The Kier molecular flexibility index (Phi) is 8.04. The van der Waals surface area contributed by atoms with Gasteiger partial charge >= 0.3 is 6.18 Å². The minimum Gasteiger partial charge on any atom is -0.349 e. The average Bonchev–Trinajstić information content (AvgIpc) is 3.51. The molecular formula is C29H32F7N7O2. The van der Waals surface area contributed by atoms with Gasteiger partial charge < -0.3 is 10.6 Å². The number of imidazole rings is 1. The van der Waals surface area contributed by atoms with E-state index < -0.39 is 48.5 Å². The third-order valence-corrected chi connectivity index (χ3v) is 8.83. The Labute approximate surface area is 252 Å². The summed E-state index contributed by atoms with van der Waals surface area (Å²) in [6.07, 6.45) is 0.162. The smallest absolute Gasteiger partial charge is 0.349 e. The first kappa shape index (κ1) is 31.3. The van der Waals surface area contributed by atoms with E-state index in [9.17, 15) is 40.3 Å². The fourth-order valence-electron chi connectivity index (χ4n) is 6.36. The van der Waals surface area contributed by atoms with Crippen molar-refractivity contribution in [1.82, 2.24) is 35.0 Å². The van der Waals surface area contributed by atoms with E-state index in [1.165, 1.54) is 4.52 Å². The van der Waals surface area contributed by atoms with E-state index in [1.807, 2.05) is 0 Å². The largest absolute Gasteiger partial charge is 0.408 e. The van der Waals surface area contributed by atoms with Crippen molar-refractivity contribution in [3.05, 3.63) is 47.7 Å². The molecule has 3 fully saturated rings. The van der Waals surface area contributed by atoms with Crippen LogP contribution in [0.4, 0.5) is 30.7 Å². The fourth-order valence-corrected chi connectivity index (χ4v) is 6.36. The van der Waals surface area contributed by atoms with Crippen molar-refractivity contribution >= 4 is 17.5 Å². The Morgan fingerprint density at radius 2 is 1.67 bits per heavy atom. The van der Waals surface area contributed by atoms with Crippen LogP contribution in [0, 0.1) is 17.8 Å². The zero-order valence-corrected chi connectivity index (χ0v) is 24.0. The van der Waals surface area contributed by atoms with Crippen LogP contribution in [-0.4, -0.2) is 54.2 Å². The molecule has 9 nitrogen and oxygen atoms in total. The molecule has 0 bridgehead atoms. The lowest BCUT2D eigenvalue weighted by Gasteiger charge is -2.34. The van der Waals surface area contributed by atoms with E-state index in [1.54, 1.807) is 18.5 Å². The topological polar surface area (TPSA) is 106 Å². The molecule has 3 aliphatic carbocycles. The van der Waals surface area contributed by atoms with Crippen LogP contribution in [0.25, 0.3) is 5.65 Å². The summed E-state index contributed by atoms with van der Waals surface area (Å²) in [7, 11) is 0. The summed E-state index contributed by atoms with van der Waals surface area (Å²) >= 11 is 0. The molecule has 3 aromatic heterocycles. The molecule has 45 heavy (non-hydrogen) atoms. The molecule has 3 heterocycles. The highest BCUT2D eigenvalue weighted by atomic mass is 19.4. The van der Waals surface area contributed by atoms with Crippen molar-refractivity contribution in [2.75, 3.05) is 0 Å². The molecule has 0 aromatic carbocycles. The first-order chi connectivity index (χ1) is 21.1. The van der Waals surface area contributed by atoms with Gasteiger partial charge in [0, 0.05) is 38.3 Å². The number of nitrogens with zero attached hydrogens (tertiary/aromatic N) is 5. The number of hydrogen-bond acceptors (Lipinski definition) is 5. The molecule has 2 N–H and O–H groups in total. The molecule has 2 atom stereocenters. The van der Waals surface area contributed by atoms with E-state index >= 15 is 0 Å². The van der Waals surface area contributed by atoms with E-state index in [-0.39, 0.29) is 68.4 Å². The van der Waals surface area contributed by atoms with Gasteiger partial charge in [0.1, 0.15) is 12.2 Å². The predicted octanol–water partition coefficient (Wildman–Crippen LogP) is 5.79. The second kappa shape index (κ2) is 11.6. The standard InChI is InChI=1S/C29H32F7N7O2/c30-27(31)6-3-18(4-7-27)25(40-26(45)20-5-8-42(41-20)15-29(34,35)36)21-14-43-22(38-21)10-19(13-37-43)24(17-1-2-17)39-23(44)9-16-11-28(32,33)12-16/h5,8,10,13-14,16-18,24-25H,1-4,6-7,9,11-12,15H2,(H,39,44)(H,40,45)/t24-,25+/m1/s1. The molecule has 6 rings (SSSR count). The van der Waals surface area contributed by atoms with Gasteiger partial charge in [-0.05, 0) is 61.1 Å². The predicted molar refractivity (Wildman–Crippen MR) is 144 cm³/mol. The zero-order chi connectivity index (χ0) is 32.1. The number of carbonyl (C=O) groups excluding carboxylic acids is 2. The van der Waals surface area contributed by atoms with Crippen LogP contribution in [-0.2, 0) is 11.3 Å². The van der Waals surface area contributed by atoms with Crippen molar-refractivity contribution in [2.24, 2.45) is 17.8 Å². The number of amides is 2. The summed E-state index contributed by atoms with van der Waals surface area (Å²) in [5.41, 5.74) is 1.11. The molecule has 16 heteroatoms. The number of alkyl halides is 7. The maximum atomic E-state index is 14.0.